The summed E-state index contributed by atoms with van der Waals surface area (Å²) in [4.78, 5) is 24.1. The average molecular weight is 434 g/mol. The zero-order valence-electron chi connectivity index (χ0n) is 12.6. The molecular formula is C16H18Br2O4. The first-order chi connectivity index (χ1) is 10.2. The van der Waals surface area contributed by atoms with Crippen LogP contribution in [0.5, 0.6) is 0 Å². The van der Waals surface area contributed by atoms with Gasteiger partial charge in [-0.2, -0.15) is 0 Å². The van der Waals surface area contributed by atoms with Gasteiger partial charge in [-0.1, -0.05) is 51.1 Å². The number of halogens is 2. The van der Waals surface area contributed by atoms with Gasteiger partial charge < -0.3 is 9.47 Å². The number of esters is 2. The summed E-state index contributed by atoms with van der Waals surface area (Å²) in [6.07, 6.45) is 3.40. The third-order valence-corrected chi connectivity index (χ3v) is 4.25. The first-order valence-electron chi connectivity index (χ1n) is 6.55. The number of ether oxygens (including phenoxy) is 2. The van der Waals surface area contributed by atoms with E-state index in [1.54, 1.807) is 26.0 Å². The van der Waals surface area contributed by atoms with Crippen LogP contribution in [0.2, 0.25) is 0 Å². The van der Waals surface area contributed by atoms with Crippen LogP contribution in [0.1, 0.15) is 20.3 Å². The Balaban J connectivity index is 2.77. The highest BCUT2D eigenvalue weighted by atomic mass is 79.9. The second-order valence-electron chi connectivity index (χ2n) is 5.26. The van der Waals surface area contributed by atoms with E-state index in [0.29, 0.717) is 10.1 Å². The fourth-order valence-corrected chi connectivity index (χ4v) is 3.22. The molecule has 1 unspecified atom stereocenters. The lowest BCUT2D eigenvalue weighted by Gasteiger charge is -2.25. The van der Waals surface area contributed by atoms with Crippen molar-refractivity contribution in [2.75, 3.05) is 13.2 Å². The average Bonchev–Trinajstić information content (AvgIpc) is 2.42. The van der Waals surface area contributed by atoms with Gasteiger partial charge in [0.1, 0.15) is 17.5 Å². The fourth-order valence-electron chi connectivity index (χ4n) is 1.58. The predicted molar refractivity (Wildman–Crippen MR) is 92.9 cm³/mol. The Labute approximate surface area is 147 Å². The number of rotatable bonds is 6. The van der Waals surface area contributed by atoms with Crippen LogP contribution in [-0.2, 0) is 19.1 Å². The summed E-state index contributed by atoms with van der Waals surface area (Å²) >= 11 is 6.71. The molecule has 22 heavy (non-hydrogen) atoms. The maximum Gasteiger partial charge on any atom is 0.339 e. The molecule has 0 aromatic heterocycles. The minimum atomic E-state index is -1.00. The lowest BCUT2D eigenvalue weighted by molar-refractivity contribution is -0.144. The van der Waals surface area contributed by atoms with Gasteiger partial charge >= 0.3 is 11.9 Å². The quantitative estimate of drug-likeness (QED) is 0.361. The molecule has 120 valence electrons. The predicted octanol–water partition coefficient (Wildman–Crippen LogP) is 3.97. The van der Waals surface area contributed by atoms with E-state index in [2.05, 4.69) is 45.0 Å². The second-order valence-corrected chi connectivity index (χ2v) is 7.63. The molecule has 1 aliphatic carbocycles. The van der Waals surface area contributed by atoms with Crippen LogP contribution in [0.25, 0.3) is 0 Å². The Morgan fingerprint density at radius 1 is 1.23 bits per heavy atom. The summed E-state index contributed by atoms with van der Waals surface area (Å²) < 4.78 is 9.84. The van der Waals surface area contributed by atoms with E-state index in [1.165, 1.54) is 0 Å². The topological polar surface area (TPSA) is 52.6 Å². The highest BCUT2D eigenvalue weighted by molar-refractivity contribution is 9.12. The van der Waals surface area contributed by atoms with Crippen LogP contribution < -0.4 is 0 Å². The van der Waals surface area contributed by atoms with Gasteiger partial charge in [-0.3, -0.25) is 4.79 Å². The molecule has 0 N–H and O–H groups in total. The minimum absolute atomic E-state index is 0.162. The first-order valence-corrected chi connectivity index (χ1v) is 8.14. The van der Waals surface area contributed by atoms with Crippen LogP contribution in [0.3, 0.4) is 0 Å². The number of carbonyl (C=O) groups is 2. The van der Waals surface area contributed by atoms with Crippen molar-refractivity contribution in [2.45, 2.75) is 24.6 Å². The van der Waals surface area contributed by atoms with Gasteiger partial charge in [-0.05, 0) is 31.1 Å². The molecule has 1 rings (SSSR count). The van der Waals surface area contributed by atoms with Crippen molar-refractivity contribution in [2.24, 2.45) is 0 Å². The molecule has 0 aromatic carbocycles. The molecule has 6 heteroatoms. The molecule has 0 fully saturated rings. The van der Waals surface area contributed by atoms with E-state index in [4.69, 9.17) is 9.47 Å². The molecule has 1 atom stereocenters. The van der Waals surface area contributed by atoms with Crippen molar-refractivity contribution in [3.8, 4) is 0 Å². The van der Waals surface area contributed by atoms with E-state index in [1.807, 2.05) is 0 Å². The maximum absolute atomic E-state index is 12.1. The largest absolute Gasteiger partial charge is 0.460 e. The standard InChI is InChI=1S/C16H18Br2O4/c1-10(2)8-21-14(19)12-5-6-16(18,7-13(12)17)15(20)22-9-11(3)4/h5-6H,1,3,7-9H2,2,4H3. The molecule has 0 heterocycles. The zero-order valence-corrected chi connectivity index (χ0v) is 15.8. The first kappa shape index (κ1) is 18.9. The summed E-state index contributed by atoms with van der Waals surface area (Å²) in [6, 6.07) is 0. The highest BCUT2D eigenvalue weighted by Crippen LogP contribution is 2.38. The molecule has 4 nitrogen and oxygen atoms in total. The number of carbonyl (C=O) groups excluding carboxylic acids is 2. The van der Waals surface area contributed by atoms with E-state index in [0.717, 1.165) is 11.1 Å². The summed E-state index contributed by atoms with van der Waals surface area (Å²) in [6.45, 7) is 11.2. The van der Waals surface area contributed by atoms with Gasteiger partial charge in [0.25, 0.3) is 0 Å². The Hall–Kier alpha value is -1.14. The number of hydrogen-bond acceptors (Lipinski definition) is 4. The molecule has 1 aliphatic rings. The monoisotopic (exact) mass is 432 g/mol. The molecule has 0 radical (unpaired) electrons. The lowest BCUT2D eigenvalue weighted by Crippen LogP contribution is -2.34. The molecular weight excluding hydrogens is 416 g/mol. The van der Waals surface area contributed by atoms with Gasteiger partial charge in [0.15, 0.2) is 0 Å². The molecule has 0 spiro atoms. The van der Waals surface area contributed by atoms with E-state index in [-0.39, 0.29) is 19.6 Å². The summed E-state index contributed by atoms with van der Waals surface area (Å²) in [7, 11) is 0. The summed E-state index contributed by atoms with van der Waals surface area (Å²) in [5, 5.41) is 0. The third-order valence-electron chi connectivity index (χ3n) is 2.68. The molecule has 0 saturated carbocycles. The van der Waals surface area contributed by atoms with E-state index in [9.17, 15) is 9.59 Å². The smallest absolute Gasteiger partial charge is 0.339 e. The van der Waals surface area contributed by atoms with Crippen LogP contribution in [0.4, 0.5) is 0 Å². The Morgan fingerprint density at radius 3 is 2.27 bits per heavy atom. The van der Waals surface area contributed by atoms with Crippen LogP contribution >= 0.6 is 31.9 Å². The molecule has 0 aromatic rings. The van der Waals surface area contributed by atoms with Crippen LogP contribution in [-0.4, -0.2) is 29.5 Å². The van der Waals surface area contributed by atoms with E-state index >= 15 is 0 Å². The number of allylic oxidation sites excluding steroid dienone is 1. The number of hydrogen-bond donors (Lipinski definition) is 0. The molecule has 0 amide bonds. The summed E-state index contributed by atoms with van der Waals surface area (Å²) in [5.41, 5.74) is 1.88. The Kier molecular flexibility index (Phi) is 6.81. The van der Waals surface area contributed by atoms with Crippen molar-refractivity contribution in [1.82, 2.24) is 0 Å². The van der Waals surface area contributed by atoms with Crippen molar-refractivity contribution in [1.29, 1.82) is 0 Å². The van der Waals surface area contributed by atoms with Gasteiger partial charge in [-0.15, -0.1) is 0 Å². The third kappa shape index (κ3) is 5.25. The van der Waals surface area contributed by atoms with Crippen molar-refractivity contribution in [3.63, 3.8) is 0 Å². The van der Waals surface area contributed by atoms with Crippen molar-refractivity contribution >= 4 is 43.8 Å². The van der Waals surface area contributed by atoms with Crippen molar-refractivity contribution in [3.05, 3.63) is 46.5 Å². The van der Waals surface area contributed by atoms with Gasteiger partial charge in [0.2, 0.25) is 0 Å². The van der Waals surface area contributed by atoms with Gasteiger partial charge in [-0.25, -0.2) is 4.79 Å². The Bertz CT molecular complexity index is 575. The molecule has 0 saturated heterocycles. The minimum Gasteiger partial charge on any atom is -0.460 e. The fraction of sp³-hybridized carbons (Fsp3) is 0.375. The van der Waals surface area contributed by atoms with Crippen molar-refractivity contribution < 1.29 is 19.1 Å². The molecule has 0 aliphatic heterocycles. The molecule has 0 bridgehead atoms. The normalized spacial score (nSPS) is 20.5. The maximum atomic E-state index is 12.1. The lowest BCUT2D eigenvalue weighted by atomic mass is 9.96. The number of alkyl halides is 1. The second kappa shape index (κ2) is 7.92. The van der Waals surface area contributed by atoms with Gasteiger partial charge in [0.05, 0.1) is 5.57 Å². The van der Waals surface area contributed by atoms with Gasteiger partial charge in [0, 0.05) is 10.9 Å². The SMILES string of the molecule is C=C(C)COC(=O)C1=C(Br)CC(Br)(C(=O)OCC(=C)C)C=C1. The van der Waals surface area contributed by atoms with Crippen LogP contribution in [0, 0.1) is 0 Å². The highest BCUT2D eigenvalue weighted by Gasteiger charge is 2.39. The zero-order chi connectivity index (χ0) is 16.9. The Morgan fingerprint density at radius 2 is 1.77 bits per heavy atom. The van der Waals surface area contributed by atoms with Crippen LogP contribution in [0.15, 0.2) is 46.5 Å². The summed E-state index contributed by atoms with van der Waals surface area (Å²) in [5.74, 6) is -0.894. The van der Waals surface area contributed by atoms with E-state index < -0.39 is 16.3 Å².